The molecule has 3 heterocycles. The molecule has 5 rings (SSSR count). The highest BCUT2D eigenvalue weighted by atomic mass is 32.2. The fourth-order valence-electron chi connectivity index (χ4n) is 5.72. The van der Waals surface area contributed by atoms with Crippen molar-refractivity contribution in [3.63, 3.8) is 0 Å². The number of sulfonamides is 1. The van der Waals surface area contributed by atoms with Gasteiger partial charge in [0.15, 0.2) is 0 Å². The Morgan fingerprint density at radius 2 is 1.85 bits per heavy atom. The number of carbonyl (C=O) groups excluding carboxylic acids is 1. The number of nitrogens with one attached hydrogen (secondary N) is 1. The van der Waals surface area contributed by atoms with Crippen LogP contribution in [0, 0.1) is 13.8 Å². The lowest BCUT2D eigenvalue weighted by atomic mass is 9.98. The Bertz CT molecular complexity index is 1450. The van der Waals surface area contributed by atoms with Crippen LogP contribution in [0.4, 0.5) is 5.82 Å². The SMILES string of the molecule is Cc1ccc(Cc2cccc(COCCCC3CCS(=O)(=O)N3c3ccc(C(=O)N4CCNCC4)cn3)c2)c(C)c1. The summed E-state index contributed by atoms with van der Waals surface area (Å²) in [4.78, 5) is 19.0. The third-order valence-corrected chi connectivity index (χ3v) is 9.78. The summed E-state index contributed by atoms with van der Waals surface area (Å²) < 4.78 is 33.2. The zero-order valence-corrected chi connectivity index (χ0v) is 24.8. The van der Waals surface area contributed by atoms with Crippen molar-refractivity contribution < 1.29 is 17.9 Å². The van der Waals surface area contributed by atoms with E-state index in [-0.39, 0.29) is 17.7 Å². The maximum atomic E-state index is 12.9. The summed E-state index contributed by atoms with van der Waals surface area (Å²) in [6.07, 6.45) is 4.40. The number of hydrogen-bond acceptors (Lipinski definition) is 6. The van der Waals surface area contributed by atoms with Crippen molar-refractivity contribution in [1.29, 1.82) is 0 Å². The number of aryl methyl sites for hydroxylation is 2. The summed E-state index contributed by atoms with van der Waals surface area (Å²) >= 11 is 0. The van der Waals surface area contributed by atoms with E-state index in [2.05, 4.69) is 66.6 Å². The zero-order chi connectivity index (χ0) is 28.8. The first-order valence-corrected chi connectivity index (χ1v) is 16.1. The monoisotopic (exact) mass is 576 g/mol. The number of aromatic nitrogens is 1. The van der Waals surface area contributed by atoms with Gasteiger partial charge in [-0.2, -0.15) is 0 Å². The number of rotatable bonds is 10. The van der Waals surface area contributed by atoms with Gasteiger partial charge in [-0.05, 0) is 73.9 Å². The minimum Gasteiger partial charge on any atom is -0.377 e. The fourth-order valence-corrected chi connectivity index (χ4v) is 7.54. The fraction of sp³-hybridized carbons (Fsp3) is 0.438. The van der Waals surface area contributed by atoms with Gasteiger partial charge in [-0.3, -0.25) is 9.10 Å². The number of carbonyl (C=O) groups is 1. The Kier molecular flexibility index (Phi) is 9.37. The molecular formula is C32H40N4O4S. The van der Waals surface area contributed by atoms with Crippen molar-refractivity contribution in [2.24, 2.45) is 0 Å². The molecule has 8 nitrogen and oxygen atoms in total. The third kappa shape index (κ3) is 7.33. The summed E-state index contributed by atoms with van der Waals surface area (Å²) in [5.41, 5.74) is 6.80. The number of pyridine rings is 1. The summed E-state index contributed by atoms with van der Waals surface area (Å²) in [6.45, 7) is 8.21. The average Bonchev–Trinajstić information content (AvgIpc) is 3.28. The van der Waals surface area contributed by atoms with Gasteiger partial charge in [0, 0.05) is 45.0 Å². The average molecular weight is 577 g/mol. The Balaban J connectivity index is 1.12. The molecular weight excluding hydrogens is 536 g/mol. The van der Waals surface area contributed by atoms with E-state index in [9.17, 15) is 13.2 Å². The molecule has 41 heavy (non-hydrogen) atoms. The van der Waals surface area contributed by atoms with Gasteiger partial charge in [-0.1, -0.05) is 48.0 Å². The predicted molar refractivity (Wildman–Crippen MR) is 162 cm³/mol. The summed E-state index contributed by atoms with van der Waals surface area (Å²) in [5, 5.41) is 3.24. The Morgan fingerprint density at radius 1 is 1.05 bits per heavy atom. The lowest BCUT2D eigenvalue weighted by Gasteiger charge is -2.28. The number of piperazine rings is 1. The maximum Gasteiger partial charge on any atom is 0.255 e. The molecule has 1 atom stereocenters. The lowest BCUT2D eigenvalue weighted by molar-refractivity contribution is 0.0735. The molecule has 0 radical (unpaired) electrons. The van der Waals surface area contributed by atoms with E-state index in [0.29, 0.717) is 50.5 Å². The van der Waals surface area contributed by atoms with Crippen molar-refractivity contribution in [2.75, 3.05) is 42.8 Å². The Labute approximate surface area is 243 Å². The summed E-state index contributed by atoms with van der Waals surface area (Å²) in [7, 11) is -3.44. The number of anilines is 1. The molecule has 1 aromatic heterocycles. The van der Waals surface area contributed by atoms with Gasteiger partial charge in [-0.15, -0.1) is 0 Å². The first-order valence-electron chi connectivity index (χ1n) is 14.5. The minimum atomic E-state index is -3.44. The molecule has 0 bridgehead atoms. The van der Waals surface area contributed by atoms with E-state index >= 15 is 0 Å². The molecule has 2 aliphatic heterocycles. The van der Waals surface area contributed by atoms with Crippen LogP contribution in [0.2, 0.25) is 0 Å². The second-order valence-electron chi connectivity index (χ2n) is 11.1. The van der Waals surface area contributed by atoms with Gasteiger partial charge in [0.1, 0.15) is 5.82 Å². The zero-order valence-electron chi connectivity index (χ0n) is 24.0. The highest BCUT2D eigenvalue weighted by Gasteiger charge is 2.38. The van der Waals surface area contributed by atoms with Gasteiger partial charge >= 0.3 is 0 Å². The molecule has 2 aromatic carbocycles. The standard InChI is InChI=1S/C32H40N4O4S/c1-24-8-9-28(25(2)19-24)21-26-5-3-6-27(20-26)23-40-17-4-7-30-12-18-41(38,39)36(30)31-11-10-29(22-34-31)32(37)35-15-13-33-14-16-35/h3,5-6,8-11,19-20,22,30,33H,4,7,12-18,21,23H2,1-2H3. The number of benzene rings is 2. The molecule has 3 aromatic rings. The van der Waals surface area contributed by atoms with Crippen molar-refractivity contribution in [2.45, 2.75) is 52.2 Å². The number of ether oxygens (including phenoxy) is 1. The molecule has 218 valence electrons. The lowest BCUT2D eigenvalue weighted by Crippen LogP contribution is -2.46. The third-order valence-electron chi connectivity index (χ3n) is 7.94. The largest absolute Gasteiger partial charge is 0.377 e. The molecule has 1 N–H and O–H groups in total. The van der Waals surface area contributed by atoms with Gasteiger partial charge < -0.3 is 15.0 Å². The highest BCUT2D eigenvalue weighted by Crippen LogP contribution is 2.30. The van der Waals surface area contributed by atoms with Crippen LogP contribution < -0.4 is 9.62 Å². The van der Waals surface area contributed by atoms with Gasteiger partial charge in [0.05, 0.1) is 17.9 Å². The van der Waals surface area contributed by atoms with E-state index in [4.69, 9.17) is 4.74 Å². The number of amides is 1. The molecule has 1 unspecified atom stereocenters. The normalized spacial score (nSPS) is 18.5. The van der Waals surface area contributed by atoms with Crippen LogP contribution >= 0.6 is 0 Å². The molecule has 0 spiro atoms. The molecule has 2 fully saturated rings. The molecule has 0 aliphatic carbocycles. The van der Waals surface area contributed by atoms with Crippen LogP contribution in [0.1, 0.15) is 57.4 Å². The quantitative estimate of drug-likeness (QED) is 0.363. The van der Waals surface area contributed by atoms with Crippen LogP contribution in [0.5, 0.6) is 0 Å². The van der Waals surface area contributed by atoms with Crippen LogP contribution in [-0.2, 0) is 27.8 Å². The second kappa shape index (κ2) is 13.1. The van der Waals surface area contributed by atoms with Crippen molar-refractivity contribution in [1.82, 2.24) is 15.2 Å². The summed E-state index contributed by atoms with van der Waals surface area (Å²) in [6, 6.07) is 18.3. The second-order valence-corrected chi connectivity index (χ2v) is 13.1. The molecule has 1 amide bonds. The van der Waals surface area contributed by atoms with Crippen LogP contribution in [0.3, 0.4) is 0 Å². The van der Waals surface area contributed by atoms with E-state index < -0.39 is 10.0 Å². The minimum absolute atomic E-state index is 0.0701. The van der Waals surface area contributed by atoms with E-state index in [1.165, 1.54) is 32.8 Å². The van der Waals surface area contributed by atoms with Gasteiger partial charge in [0.25, 0.3) is 5.91 Å². The van der Waals surface area contributed by atoms with E-state index in [1.807, 2.05) is 0 Å². The van der Waals surface area contributed by atoms with Gasteiger partial charge in [-0.25, -0.2) is 13.4 Å². The highest BCUT2D eigenvalue weighted by molar-refractivity contribution is 7.93. The van der Waals surface area contributed by atoms with Crippen LogP contribution in [-0.4, -0.2) is 68.8 Å². The smallest absolute Gasteiger partial charge is 0.255 e. The first kappa shape index (κ1) is 29.2. The Hall–Kier alpha value is -3.27. The van der Waals surface area contributed by atoms with Crippen molar-refractivity contribution in [3.05, 3.63) is 94.2 Å². The van der Waals surface area contributed by atoms with Crippen LogP contribution in [0.25, 0.3) is 0 Å². The number of nitrogens with zero attached hydrogens (tertiary/aromatic N) is 3. The molecule has 9 heteroatoms. The van der Waals surface area contributed by atoms with E-state index in [1.54, 1.807) is 17.0 Å². The molecule has 2 saturated heterocycles. The summed E-state index contributed by atoms with van der Waals surface area (Å²) in [5.74, 6) is 0.416. The number of hydrogen-bond donors (Lipinski definition) is 1. The predicted octanol–water partition coefficient (Wildman–Crippen LogP) is 4.24. The van der Waals surface area contributed by atoms with Crippen molar-refractivity contribution in [3.8, 4) is 0 Å². The maximum absolute atomic E-state index is 12.9. The molecule has 2 aliphatic rings. The molecule has 0 saturated carbocycles. The van der Waals surface area contributed by atoms with E-state index in [0.717, 1.165) is 31.5 Å². The Morgan fingerprint density at radius 3 is 2.61 bits per heavy atom. The van der Waals surface area contributed by atoms with Gasteiger partial charge in [0.2, 0.25) is 10.0 Å². The van der Waals surface area contributed by atoms with Crippen molar-refractivity contribution >= 4 is 21.7 Å². The first-order chi connectivity index (χ1) is 19.8. The topological polar surface area (TPSA) is 91.8 Å². The van der Waals surface area contributed by atoms with Crippen LogP contribution in [0.15, 0.2) is 60.8 Å².